The molecule has 0 aliphatic heterocycles. The summed E-state index contributed by atoms with van der Waals surface area (Å²) in [5.74, 6) is 2.02. The lowest BCUT2D eigenvalue weighted by molar-refractivity contribution is 0.412. The normalized spacial score (nSPS) is 10.5. The van der Waals surface area contributed by atoms with Crippen molar-refractivity contribution in [3.63, 3.8) is 0 Å². The number of benzene rings is 1. The third-order valence-corrected chi connectivity index (χ3v) is 3.64. The van der Waals surface area contributed by atoms with Crippen LogP contribution in [0.15, 0.2) is 42.9 Å². The number of methoxy groups -OCH3 is 1. The fraction of sp³-hybridized carbons (Fsp3) is 0.235. The molecule has 0 unspecified atom stereocenters. The van der Waals surface area contributed by atoms with Crippen molar-refractivity contribution in [1.82, 2.24) is 19.7 Å². The van der Waals surface area contributed by atoms with Crippen LogP contribution < -0.4 is 15.4 Å². The van der Waals surface area contributed by atoms with Crippen molar-refractivity contribution < 1.29 is 4.74 Å². The van der Waals surface area contributed by atoms with Crippen LogP contribution in [0.25, 0.3) is 5.69 Å². The van der Waals surface area contributed by atoms with E-state index in [-0.39, 0.29) is 0 Å². The maximum absolute atomic E-state index is 5.45. The number of rotatable bonds is 6. The molecule has 0 atom stereocenters. The predicted molar refractivity (Wildman–Crippen MR) is 94.4 cm³/mol. The van der Waals surface area contributed by atoms with Crippen molar-refractivity contribution in [2.24, 2.45) is 0 Å². The minimum atomic E-state index is 0.521. The summed E-state index contributed by atoms with van der Waals surface area (Å²) in [4.78, 5) is 8.59. The molecule has 0 aliphatic rings. The Hall–Kier alpha value is -3.09. The summed E-state index contributed by atoms with van der Waals surface area (Å²) in [5, 5.41) is 10.6. The quantitative estimate of drug-likeness (QED) is 0.726. The number of anilines is 3. The summed E-state index contributed by atoms with van der Waals surface area (Å²) in [6.45, 7) is 2.10. The second-order valence-corrected chi connectivity index (χ2v) is 5.17. The Morgan fingerprint density at radius 1 is 1.25 bits per heavy atom. The largest absolute Gasteiger partial charge is 0.494 e. The van der Waals surface area contributed by atoms with Crippen molar-refractivity contribution in [3.8, 4) is 11.4 Å². The number of aromatic nitrogens is 4. The second kappa shape index (κ2) is 6.99. The minimum Gasteiger partial charge on any atom is -0.494 e. The first-order chi connectivity index (χ1) is 11.7. The molecular formula is C17H20N6O. The lowest BCUT2D eigenvalue weighted by Crippen LogP contribution is -2.02. The van der Waals surface area contributed by atoms with Crippen molar-refractivity contribution in [2.45, 2.75) is 13.3 Å². The Bertz CT molecular complexity index is 829. The molecule has 2 aromatic heterocycles. The first-order valence-corrected chi connectivity index (χ1v) is 7.73. The van der Waals surface area contributed by atoms with E-state index in [0.29, 0.717) is 5.95 Å². The minimum absolute atomic E-state index is 0.521. The van der Waals surface area contributed by atoms with Crippen LogP contribution in [0.2, 0.25) is 0 Å². The highest BCUT2D eigenvalue weighted by Crippen LogP contribution is 2.27. The molecule has 0 radical (unpaired) electrons. The highest BCUT2D eigenvalue weighted by atomic mass is 16.5. The Morgan fingerprint density at radius 3 is 2.83 bits per heavy atom. The molecule has 0 saturated heterocycles. The average Bonchev–Trinajstić information content (AvgIpc) is 3.11. The first kappa shape index (κ1) is 15.8. The number of hydrogen-bond acceptors (Lipinski definition) is 6. The molecule has 1 aromatic carbocycles. The highest BCUT2D eigenvalue weighted by molar-refractivity contribution is 5.62. The molecule has 2 N–H and O–H groups in total. The van der Waals surface area contributed by atoms with Gasteiger partial charge in [-0.25, -0.2) is 9.67 Å². The zero-order valence-corrected chi connectivity index (χ0v) is 13.9. The molecule has 0 spiro atoms. The fourth-order valence-corrected chi connectivity index (χ4v) is 2.31. The number of hydrogen-bond donors (Lipinski definition) is 2. The van der Waals surface area contributed by atoms with Gasteiger partial charge in [-0.15, -0.1) is 0 Å². The summed E-state index contributed by atoms with van der Waals surface area (Å²) in [6, 6.07) is 7.58. The molecule has 7 nitrogen and oxygen atoms in total. The molecule has 0 amide bonds. The van der Waals surface area contributed by atoms with Crippen molar-refractivity contribution >= 4 is 17.5 Å². The third kappa shape index (κ3) is 3.29. The molecule has 2 heterocycles. The molecule has 0 saturated carbocycles. The second-order valence-electron chi connectivity index (χ2n) is 5.17. The van der Waals surface area contributed by atoms with Gasteiger partial charge in [-0.1, -0.05) is 6.92 Å². The number of nitrogens with zero attached hydrogens (tertiary/aromatic N) is 4. The molecule has 24 heavy (non-hydrogen) atoms. The number of aryl methyl sites for hydroxylation is 1. The van der Waals surface area contributed by atoms with Gasteiger partial charge in [0.1, 0.15) is 17.3 Å². The van der Waals surface area contributed by atoms with Gasteiger partial charge in [0.2, 0.25) is 5.95 Å². The van der Waals surface area contributed by atoms with E-state index in [2.05, 4.69) is 32.6 Å². The maximum Gasteiger partial charge on any atom is 0.229 e. The van der Waals surface area contributed by atoms with Gasteiger partial charge in [0.15, 0.2) is 0 Å². The van der Waals surface area contributed by atoms with Gasteiger partial charge in [-0.2, -0.15) is 10.1 Å². The Labute approximate surface area is 140 Å². The van der Waals surface area contributed by atoms with Gasteiger partial charge in [0.25, 0.3) is 0 Å². The van der Waals surface area contributed by atoms with E-state index in [1.807, 2.05) is 42.3 Å². The lowest BCUT2D eigenvalue weighted by Gasteiger charge is -2.12. The third-order valence-electron chi connectivity index (χ3n) is 3.64. The van der Waals surface area contributed by atoms with Crippen LogP contribution in [-0.4, -0.2) is 33.9 Å². The Morgan fingerprint density at radius 2 is 2.12 bits per heavy atom. The predicted octanol–water partition coefficient (Wildman–Crippen LogP) is 3.02. The maximum atomic E-state index is 5.45. The van der Waals surface area contributed by atoms with Crippen LogP contribution in [0.4, 0.5) is 17.5 Å². The van der Waals surface area contributed by atoms with E-state index in [0.717, 1.165) is 29.4 Å². The zero-order chi connectivity index (χ0) is 16.9. The van der Waals surface area contributed by atoms with E-state index in [1.165, 1.54) is 5.56 Å². The van der Waals surface area contributed by atoms with Crippen LogP contribution in [-0.2, 0) is 6.42 Å². The molecule has 124 valence electrons. The molecule has 3 aromatic rings. The summed E-state index contributed by atoms with van der Waals surface area (Å²) < 4.78 is 7.27. The molecule has 7 heteroatoms. The van der Waals surface area contributed by atoms with Crippen LogP contribution in [0.5, 0.6) is 5.75 Å². The lowest BCUT2D eigenvalue weighted by atomic mass is 10.2. The fourth-order valence-electron chi connectivity index (χ4n) is 2.31. The van der Waals surface area contributed by atoms with Gasteiger partial charge in [-0.05, 0) is 36.2 Å². The topological polar surface area (TPSA) is 76.9 Å². The molecule has 3 rings (SSSR count). The van der Waals surface area contributed by atoms with Gasteiger partial charge < -0.3 is 15.4 Å². The summed E-state index contributed by atoms with van der Waals surface area (Å²) >= 11 is 0. The van der Waals surface area contributed by atoms with Crippen LogP contribution in [0.1, 0.15) is 12.5 Å². The Balaban J connectivity index is 1.93. The van der Waals surface area contributed by atoms with Crippen LogP contribution >= 0.6 is 0 Å². The van der Waals surface area contributed by atoms with Crippen LogP contribution in [0, 0.1) is 0 Å². The van der Waals surface area contributed by atoms with E-state index < -0.39 is 0 Å². The van der Waals surface area contributed by atoms with E-state index in [9.17, 15) is 0 Å². The summed E-state index contributed by atoms with van der Waals surface area (Å²) in [5.41, 5.74) is 2.88. The SMILES string of the molecule is CCc1cnn(-c2cc(Nc3nccc(NC)n3)ccc2OC)c1. The van der Waals surface area contributed by atoms with Crippen molar-refractivity contribution in [3.05, 3.63) is 48.4 Å². The molecular weight excluding hydrogens is 304 g/mol. The van der Waals surface area contributed by atoms with E-state index in [1.54, 1.807) is 19.4 Å². The zero-order valence-electron chi connectivity index (χ0n) is 13.9. The van der Waals surface area contributed by atoms with Crippen molar-refractivity contribution in [2.75, 3.05) is 24.8 Å². The molecule has 0 bridgehead atoms. The summed E-state index contributed by atoms with van der Waals surface area (Å²) in [6.07, 6.45) is 6.50. The number of ether oxygens (including phenoxy) is 1. The standard InChI is InChI=1S/C17H20N6O/c1-4-12-10-20-23(11-12)14-9-13(5-6-15(14)24-3)21-17-19-8-7-16(18-2)22-17/h5-11H,4H2,1-3H3,(H2,18,19,21,22). The van der Waals surface area contributed by atoms with Crippen LogP contribution in [0.3, 0.4) is 0 Å². The van der Waals surface area contributed by atoms with Gasteiger partial charge in [0, 0.05) is 25.1 Å². The molecule has 0 aliphatic carbocycles. The van der Waals surface area contributed by atoms with E-state index in [4.69, 9.17) is 4.74 Å². The van der Waals surface area contributed by atoms with Gasteiger partial charge in [0.05, 0.1) is 13.3 Å². The van der Waals surface area contributed by atoms with E-state index >= 15 is 0 Å². The Kier molecular flexibility index (Phi) is 4.60. The van der Waals surface area contributed by atoms with Crippen molar-refractivity contribution in [1.29, 1.82) is 0 Å². The highest BCUT2D eigenvalue weighted by Gasteiger charge is 2.09. The first-order valence-electron chi connectivity index (χ1n) is 7.73. The monoisotopic (exact) mass is 324 g/mol. The smallest absolute Gasteiger partial charge is 0.229 e. The van der Waals surface area contributed by atoms with Gasteiger partial charge >= 0.3 is 0 Å². The average molecular weight is 324 g/mol. The summed E-state index contributed by atoms with van der Waals surface area (Å²) in [7, 11) is 3.47. The van der Waals surface area contributed by atoms with Gasteiger partial charge in [-0.3, -0.25) is 0 Å². The molecule has 0 fully saturated rings. The number of nitrogens with one attached hydrogen (secondary N) is 2.